The van der Waals surface area contributed by atoms with Gasteiger partial charge in [0, 0.05) is 0 Å². The number of carbonyl (C=O) groups excluding carboxylic acids is 1. The molecule has 0 aromatic heterocycles. The summed E-state index contributed by atoms with van der Waals surface area (Å²) < 4.78 is 11.5. The average molecular weight is 349 g/mol. The molecular formula is C17H17BrO3. The molecule has 0 atom stereocenters. The van der Waals surface area contributed by atoms with E-state index in [1.54, 1.807) is 0 Å². The number of carbonyl (C=O) groups is 1. The van der Waals surface area contributed by atoms with Gasteiger partial charge in [-0.05, 0) is 51.7 Å². The molecule has 0 unspecified atom stereocenters. The number of methoxy groups -OCH3 is 1. The SMILES string of the molecule is COC(=O)Cc1ccccc1COc1ccc(C)cc1Br. The van der Waals surface area contributed by atoms with Crippen molar-refractivity contribution in [1.29, 1.82) is 0 Å². The zero-order chi connectivity index (χ0) is 15.2. The van der Waals surface area contributed by atoms with Gasteiger partial charge in [0.2, 0.25) is 0 Å². The molecule has 0 aliphatic carbocycles. The maximum atomic E-state index is 11.4. The van der Waals surface area contributed by atoms with Gasteiger partial charge in [-0.3, -0.25) is 4.79 Å². The number of hydrogen-bond donors (Lipinski definition) is 0. The summed E-state index contributed by atoms with van der Waals surface area (Å²) in [7, 11) is 1.39. The van der Waals surface area contributed by atoms with E-state index in [9.17, 15) is 4.79 Å². The molecule has 2 aromatic rings. The predicted octanol–water partition coefficient (Wildman–Crippen LogP) is 4.05. The third-order valence-electron chi connectivity index (χ3n) is 3.15. The van der Waals surface area contributed by atoms with Crippen molar-refractivity contribution in [1.82, 2.24) is 0 Å². The van der Waals surface area contributed by atoms with Crippen LogP contribution >= 0.6 is 15.9 Å². The highest BCUT2D eigenvalue weighted by Gasteiger charge is 2.09. The fourth-order valence-electron chi connectivity index (χ4n) is 1.98. The Labute approximate surface area is 133 Å². The molecule has 0 radical (unpaired) electrons. The van der Waals surface area contributed by atoms with Crippen molar-refractivity contribution < 1.29 is 14.3 Å². The third kappa shape index (κ3) is 4.33. The van der Waals surface area contributed by atoms with E-state index in [-0.39, 0.29) is 12.4 Å². The molecule has 0 aliphatic rings. The highest BCUT2D eigenvalue weighted by molar-refractivity contribution is 9.10. The summed E-state index contributed by atoms with van der Waals surface area (Å²) in [5, 5.41) is 0. The normalized spacial score (nSPS) is 10.2. The van der Waals surface area contributed by atoms with Crippen LogP contribution < -0.4 is 4.74 Å². The van der Waals surface area contributed by atoms with Crippen molar-refractivity contribution in [3.8, 4) is 5.75 Å². The number of benzene rings is 2. The summed E-state index contributed by atoms with van der Waals surface area (Å²) in [4.78, 5) is 11.4. The van der Waals surface area contributed by atoms with E-state index < -0.39 is 0 Å². The Hall–Kier alpha value is -1.81. The van der Waals surface area contributed by atoms with Crippen LogP contribution in [0.15, 0.2) is 46.9 Å². The van der Waals surface area contributed by atoms with Crippen molar-refractivity contribution in [3.63, 3.8) is 0 Å². The standard InChI is InChI=1S/C17H17BrO3/c1-12-7-8-16(15(18)9-12)21-11-14-6-4-3-5-13(14)10-17(19)20-2/h3-9H,10-11H2,1-2H3. The minimum Gasteiger partial charge on any atom is -0.488 e. The Bertz CT molecular complexity index is 638. The maximum absolute atomic E-state index is 11.4. The molecule has 0 heterocycles. The van der Waals surface area contributed by atoms with Crippen LogP contribution in [-0.2, 0) is 22.6 Å². The molecule has 21 heavy (non-hydrogen) atoms. The van der Waals surface area contributed by atoms with Gasteiger partial charge in [-0.25, -0.2) is 0 Å². The van der Waals surface area contributed by atoms with Crippen molar-refractivity contribution in [2.24, 2.45) is 0 Å². The molecule has 0 spiro atoms. The van der Waals surface area contributed by atoms with Crippen molar-refractivity contribution in [2.75, 3.05) is 7.11 Å². The molecule has 2 aromatic carbocycles. The first-order valence-corrected chi connectivity index (χ1v) is 7.42. The lowest BCUT2D eigenvalue weighted by molar-refractivity contribution is -0.139. The number of rotatable bonds is 5. The van der Waals surface area contributed by atoms with E-state index in [2.05, 4.69) is 15.9 Å². The molecule has 0 aliphatic heterocycles. The van der Waals surface area contributed by atoms with Gasteiger partial charge < -0.3 is 9.47 Å². The first-order valence-electron chi connectivity index (χ1n) is 6.62. The lowest BCUT2D eigenvalue weighted by Gasteiger charge is -2.12. The highest BCUT2D eigenvalue weighted by Crippen LogP contribution is 2.27. The molecule has 3 nitrogen and oxygen atoms in total. The number of ether oxygens (including phenoxy) is 2. The lowest BCUT2D eigenvalue weighted by atomic mass is 10.1. The number of hydrogen-bond acceptors (Lipinski definition) is 3. The molecule has 0 fully saturated rings. The fraction of sp³-hybridized carbons (Fsp3) is 0.235. The van der Waals surface area contributed by atoms with Crippen molar-refractivity contribution in [2.45, 2.75) is 20.0 Å². The van der Waals surface area contributed by atoms with E-state index in [0.29, 0.717) is 6.61 Å². The van der Waals surface area contributed by atoms with Gasteiger partial charge in [0.25, 0.3) is 0 Å². The van der Waals surface area contributed by atoms with E-state index in [0.717, 1.165) is 21.3 Å². The summed E-state index contributed by atoms with van der Waals surface area (Å²) in [6.07, 6.45) is 0.255. The summed E-state index contributed by atoms with van der Waals surface area (Å²) in [6.45, 7) is 2.44. The van der Waals surface area contributed by atoms with Crippen LogP contribution in [0.3, 0.4) is 0 Å². The molecule has 4 heteroatoms. The van der Waals surface area contributed by atoms with Crippen LogP contribution in [0, 0.1) is 6.92 Å². The predicted molar refractivity (Wildman–Crippen MR) is 85.4 cm³/mol. The molecular weight excluding hydrogens is 332 g/mol. The molecule has 0 saturated carbocycles. The monoisotopic (exact) mass is 348 g/mol. The minimum atomic E-state index is -0.251. The van der Waals surface area contributed by atoms with E-state index in [1.807, 2.05) is 49.4 Å². The van der Waals surface area contributed by atoms with Gasteiger partial charge >= 0.3 is 5.97 Å². The summed E-state index contributed by atoms with van der Waals surface area (Å²) in [5.74, 6) is 0.535. The highest BCUT2D eigenvalue weighted by atomic mass is 79.9. The second-order valence-electron chi connectivity index (χ2n) is 4.74. The topological polar surface area (TPSA) is 35.5 Å². The summed E-state index contributed by atoms with van der Waals surface area (Å²) in [5.41, 5.74) is 3.07. The second-order valence-corrected chi connectivity index (χ2v) is 5.60. The molecule has 0 bridgehead atoms. The maximum Gasteiger partial charge on any atom is 0.309 e. The zero-order valence-electron chi connectivity index (χ0n) is 12.1. The Morgan fingerprint density at radius 3 is 2.52 bits per heavy atom. The summed E-state index contributed by atoms with van der Waals surface area (Å²) in [6, 6.07) is 13.7. The largest absolute Gasteiger partial charge is 0.488 e. The van der Waals surface area contributed by atoms with E-state index in [4.69, 9.17) is 9.47 Å². The van der Waals surface area contributed by atoms with Gasteiger partial charge in [0.15, 0.2) is 0 Å². The molecule has 0 amide bonds. The van der Waals surface area contributed by atoms with Crippen molar-refractivity contribution >= 4 is 21.9 Å². The Morgan fingerprint density at radius 1 is 1.14 bits per heavy atom. The fourth-order valence-corrected chi connectivity index (χ4v) is 2.58. The first kappa shape index (κ1) is 15.6. The van der Waals surface area contributed by atoms with Crippen molar-refractivity contribution in [3.05, 3.63) is 63.6 Å². The smallest absolute Gasteiger partial charge is 0.309 e. The Balaban J connectivity index is 2.11. The van der Waals surface area contributed by atoms with Crippen LogP contribution in [-0.4, -0.2) is 13.1 Å². The molecule has 0 saturated heterocycles. The number of halogens is 1. The molecule has 0 N–H and O–H groups in total. The Morgan fingerprint density at radius 2 is 1.86 bits per heavy atom. The minimum absolute atomic E-state index is 0.251. The quantitative estimate of drug-likeness (QED) is 0.764. The van der Waals surface area contributed by atoms with Gasteiger partial charge in [0.1, 0.15) is 12.4 Å². The van der Waals surface area contributed by atoms with Crippen LogP contribution in [0.4, 0.5) is 0 Å². The van der Waals surface area contributed by atoms with Gasteiger partial charge in [0.05, 0.1) is 18.0 Å². The first-order chi connectivity index (χ1) is 10.1. The van der Waals surface area contributed by atoms with Crippen LogP contribution in [0.2, 0.25) is 0 Å². The summed E-state index contributed by atoms with van der Waals surface area (Å²) >= 11 is 3.49. The average Bonchev–Trinajstić information content (AvgIpc) is 2.47. The third-order valence-corrected chi connectivity index (χ3v) is 3.77. The van der Waals surface area contributed by atoms with Crippen LogP contribution in [0.25, 0.3) is 0 Å². The van der Waals surface area contributed by atoms with Gasteiger partial charge in [-0.2, -0.15) is 0 Å². The molecule has 110 valence electrons. The second kappa shape index (κ2) is 7.27. The van der Waals surface area contributed by atoms with Crippen LogP contribution in [0.5, 0.6) is 5.75 Å². The number of esters is 1. The van der Waals surface area contributed by atoms with E-state index in [1.165, 1.54) is 12.7 Å². The lowest BCUT2D eigenvalue weighted by Crippen LogP contribution is -2.08. The van der Waals surface area contributed by atoms with E-state index >= 15 is 0 Å². The molecule has 2 rings (SSSR count). The number of aryl methyl sites for hydroxylation is 1. The van der Waals surface area contributed by atoms with Gasteiger partial charge in [-0.1, -0.05) is 30.3 Å². The zero-order valence-corrected chi connectivity index (χ0v) is 13.6. The van der Waals surface area contributed by atoms with Gasteiger partial charge in [-0.15, -0.1) is 0 Å². The van der Waals surface area contributed by atoms with Crippen LogP contribution in [0.1, 0.15) is 16.7 Å². The Kier molecular flexibility index (Phi) is 5.39.